The standard InChI is InChI=1S/C9H20N2O2S/c1-10-7-8-14(12,13)11(2)9-5-3-4-6-9/h9-10H,3-8H2,1-2H3. The average Bonchev–Trinajstić information content (AvgIpc) is 2.66. The van der Waals surface area contributed by atoms with Crippen LogP contribution in [0.4, 0.5) is 0 Å². The van der Waals surface area contributed by atoms with Gasteiger partial charge in [0.15, 0.2) is 0 Å². The summed E-state index contributed by atoms with van der Waals surface area (Å²) in [6.45, 7) is 0.527. The molecule has 14 heavy (non-hydrogen) atoms. The molecule has 0 spiro atoms. The average molecular weight is 220 g/mol. The summed E-state index contributed by atoms with van der Waals surface area (Å²) < 4.78 is 25.1. The van der Waals surface area contributed by atoms with Crippen LogP contribution in [0.15, 0.2) is 0 Å². The molecule has 0 radical (unpaired) electrons. The van der Waals surface area contributed by atoms with E-state index in [0.717, 1.165) is 25.7 Å². The second kappa shape index (κ2) is 5.09. The quantitative estimate of drug-likeness (QED) is 0.730. The van der Waals surface area contributed by atoms with E-state index in [1.165, 1.54) is 0 Å². The van der Waals surface area contributed by atoms with Crippen LogP contribution >= 0.6 is 0 Å². The van der Waals surface area contributed by atoms with Gasteiger partial charge in [0.1, 0.15) is 0 Å². The lowest BCUT2D eigenvalue weighted by atomic mass is 10.3. The molecular formula is C9H20N2O2S. The topological polar surface area (TPSA) is 49.4 Å². The third kappa shape index (κ3) is 2.93. The van der Waals surface area contributed by atoms with Gasteiger partial charge >= 0.3 is 0 Å². The third-order valence-electron chi connectivity index (χ3n) is 2.89. The molecule has 1 saturated carbocycles. The Morgan fingerprint density at radius 3 is 2.43 bits per heavy atom. The molecule has 1 fully saturated rings. The van der Waals surface area contributed by atoms with Gasteiger partial charge in [-0.05, 0) is 19.9 Å². The fourth-order valence-corrected chi connectivity index (χ4v) is 3.29. The normalized spacial score (nSPS) is 19.4. The largest absolute Gasteiger partial charge is 0.319 e. The van der Waals surface area contributed by atoms with E-state index in [4.69, 9.17) is 0 Å². The Balaban J connectivity index is 2.52. The molecule has 0 atom stereocenters. The molecular weight excluding hydrogens is 200 g/mol. The predicted octanol–water partition coefficient (Wildman–Crippen LogP) is 0.410. The zero-order chi connectivity index (χ0) is 10.6. The highest BCUT2D eigenvalue weighted by atomic mass is 32.2. The van der Waals surface area contributed by atoms with Crippen LogP contribution in [0.1, 0.15) is 25.7 Å². The molecule has 0 bridgehead atoms. The van der Waals surface area contributed by atoms with E-state index in [1.54, 1.807) is 18.4 Å². The minimum Gasteiger partial charge on any atom is -0.319 e. The summed E-state index contributed by atoms with van der Waals surface area (Å²) in [7, 11) is 0.443. The zero-order valence-electron chi connectivity index (χ0n) is 8.99. The van der Waals surface area contributed by atoms with E-state index >= 15 is 0 Å². The van der Waals surface area contributed by atoms with Gasteiger partial charge in [0.2, 0.25) is 10.0 Å². The minimum atomic E-state index is -3.04. The molecule has 1 aliphatic rings. The Hall–Kier alpha value is -0.130. The number of hydrogen-bond acceptors (Lipinski definition) is 3. The molecule has 1 N–H and O–H groups in total. The van der Waals surface area contributed by atoms with Crippen molar-refractivity contribution < 1.29 is 8.42 Å². The van der Waals surface area contributed by atoms with E-state index in [0.29, 0.717) is 6.54 Å². The van der Waals surface area contributed by atoms with Gasteiger partial charge < -0.3 is 5.32 Å². The van der Waals surface area contributed by atoms with Gasteiger partial charge in [-0.1, -0.05) is 12.8 Å². The number of rotatable bonds is 5. The summed E-state index contributed by atoms with van der Waals surface area (Å²) in [5, 5.41) is 2.86. The van der Waals surface area contributed by atoms with Gasteiger partial charge in [-0.2, -0.15) is 0 Å². The molecule has 0 aliphatic heterocycles. The molecule has 0 aromatic rings. The fourth-order valence-electron chi connectivity index (χ4n) is 1.87. The number of sulfonamides is 1. The second-order valence-electron chi connectivity index (χ2n) is 3.87. The van der Waals surface area contributed by atoms with Crippen LogP contribution < -0.4 is 5.32 Å². The molecule has 0 amide bonds. The van der Waals surface area contributed by atoms with E-state index < -0.39 is 10.0 Å². The Morgan fingerprint density at radius 2 is 1.93 bits per heavy atom. The first kappa shape index (κ1) is 11.9. The van der Waals surface area contributed by atoms with Crippen molar-refractivity contribution in [3.63, 3.8) is 0 Å². The summed E-state index contributed by atoms with van der Waals surface area (Å²) in [5.74, 6) is 0.205. The highest BCUT2D eigenvalue weighted by molar-refractivity contribution is 7.89. The van der Waals surface area contributed by atoms with E-state index in [-0.39, 0.29) is 11.8 Å². The summed E-state index contributed by atoms with van der Waals surface area (Å²) >= 11 is 0. The SMILES string of the molecule is CNCCS(=O)(=O)N(C)C1CCCC1. The monoisotopic (exact) mass is 220 g/mol. The van der Waals surface area contributed by atoms with Crippen LogP contribution in [0.3, 0.4) is 0 Å². The maximum Gasteiger partial charge on any atom is 0.215 e. The predicted molar refractivity (Wildman–Crippen MR) is 57.7 cm³/mol. The molecule has 1 rings (SSSR count). The van der Waals surface area contributed by atoms with Gasteiger partial charge in [-0.15, -0.1) is 0 Å². The van der Waals surface area contributed by atoms with Crippen molar-refractivity contribution in [2.24, 2.45) is 0 Å². The number of nitrogens with one attached hydrogen (secondary N) is 1. The molecule has 0 aromatic heterocycles. The lowest BCUT2D eigenvalue weighted by molar-refractivity contribution is 0.373. The van der Waals surface area contributed by atoms with Crippen molar-refractivity contribution in [3.05, 3.63) is 0 Å². The smallest absolute Gasteiger partial charge is 0.215 e. The molecule has 0 unspecified atom stereocenters. The summed E-state index contributed by atoms with van der Waals surface area (Å²) in [6.07, 6.45) is 4.37. The number of nitrogens with zero attached hydrogens (tertiary/aromatic N) is 1. The third-order valence-corrected chi connectivity index (χ3v) is 4.78. The zero-order valence-corrected chi connectivity index (χ0v) is 9.81. The van der Waals surface area contributed by atoms with Crippen molar-refractivity contribution in [1.29, 1.82) is 0 Å². The minimum absolute atomic E-state index is 0.205. The van der Waals surface area contributed by atoms with Crippen LogP contribution in [0, 0.1) is 0 Å². The van der Waals surface area contributed by atoms with Crippen molar-refractivity contribution in [2.75, 3.05) is 26.4 Å². The summed E-state index contributed by atoms with van der Waals surface area (Å²) in [5.41, 5.74) is 0. The fraction of sp³-hybridized carbons (Fsp3) is 1.00. The molecule has 4 nitrogen and oxygen atoms in total. The first-order valence-electron chi connectivity index (χ1n) is 5.18. The molecule has 0 heterocycles. The highest BCUT2D eigenvalue weighted by Gasteiger charge is 2.27. The van der Waals surface area contributed by atoms with E-state index in [1.807, 2.05) is 0 Å². The summed E-state index contributed by atoms with van der Waals surface area (Å²) in [6, 6.07) is 0.247. The van der Waals surface area contributed by atoms with Crippen molar-refractivity contribution in [3.8, 4) is 0 Å². The van der Waals surface area contributed by atoms with Crippen molar-refractivity contribution in [2.45, 2.75) is 31.7 Å². The highest BCUT2D eigenvalue weighted by Crippen LogP contribution is 2.24. The Morgan fingerprint density at radius 1 is 1.36 bits per heavy atom. The lowest BCUT2D eigenvalue weighted by Gasteiger charge is -2.23. The first-order chi connectivity index (χ1) is 6.58. The van der Waals surface area contributed by atoms with Crippen LogP contribution in [0.25, 0.3) is 0 Å². The molecule has 1 aliphatic carbocycles. The first-order valence-corrected chi connectivity index (χ1v) is 6.79. The van der Waals surface area contributed by atoms with Gasteiger partial charge in [-0.3, -0.25) is 0 Å². The summed E-state index contributed by atoms with van der Waals surface area (Å²) in [4.78, 5) is 0. The number of hydrogen-bond donors (Lipinski definition) is 1. The Labute approximate surface area is 86.7 Å². The second-order valence-corrected chi connectivity index (χ2v) is 6.02. The van der Waals surface area contributed by atoms with Crippen molar-refractivity contribution >= 4 is 10.0 Å². The molecule has 0 saturated heterocycles. The molecule has 5 heteroatoms. The van der Waals surface area contributed by atoms with Crippen LogP contribution in [-0.4, -0.2) is 45.2 Å². The van der Waals surface area contributed by atoms with Gasteiger partial charge in [0, 0.05) is 19.6 Å². The van der Waals surface area contributed by atoms with Gasteiger partial charge in [0.05, 0.1) is 5.75 Å². The van der Waals surface area contributed by atoms with Gasteiger partial charge in [-0.25, -0.2) is 12.7 Å². The van der Waals surface area contributed by atoms with Crippen LogP contribution in [0.5, 0.6) is 0 Å². The molecule has 0 aromatic carbocycles. The Bertz CT molecular complexity index is 258. The van der Waals surface area contributed by atoms with Crippen LogP contribution in [-0.2, 0) is 10.0 Å². The lowest BCUT2D eigenvalue weighted by Crippen LogP contribution is -2.38. The van der Waals surface area contributed by atoms with Gasteiger partial charge in [0.25, 0.3) is 0 Å². The maximum absolute atomic E-state index is 11.8. The molecule has 84 valence electrons. The van der Waals surface area contributed by atoms with Crippen LogP contribution in [0.2, 0.25) is 0 Å². The Kier molecular flexibility index (Phi) is 4.34. The van der Waals surface area contributed by atoms with E-state index in [9.17, 15) is 8.42 Å². The van der Waals surface area contributed by atoms with Crippen molar-refractivity contribution in [1.82, 2.24) is 9.62 Å². The van der Waals surface area contributed by atoms with E-state index in [2.05, 4.69) is 5.32 Å². The maximum atomic E-state index is 11.8.